The highest BCUT2D eigenvalue weighted by atomic mass is 32.1. The van der Waals surface area contributed by atoms with E-state index in [1.807, 2.05) is 18.2 Å². The minimum atomic E-state index is -0.341. The van der Waals surface area contributed by atoms with Crippen LogP contribution in [0.2, 0.25) is 0 Å². The molecule has 0 saturated carbocycles. The van der Waals surface area contributed by atoms with Crippen molar-refractivity contribution in [2.75, 3.05) is 18.7 Å². The van der Waals surface area contributed by atoms with Crippen LogP contribution in [0.25, 0.3) is 0 Å². The van der Waals surface area contributed by atoms with E-state index in [0.717, 1.165) is 0 Å². The minimum absolute atomic E-state index is 0.118. The molecule has 1 aliphatic rings. The number of ether oxygens (including phenoxy) is 3. The lowest BCUT2D eigenvalue weighted by Gasteiger charge is -2.10. The topological polar surface area (TPSA) is 68.8 Å². The second-order valence-corrected chi connectivity index (χ2v) is 5.08. The first-order valence-corrected chi connectivity index (χ1v) is 7.30. The Kier molecular flexibility index (Phi) is 4.58. The molecule has 23 heavy (non-hydrogen) atoms. The monoisotopic (exact) mass is 330 g/mol. The lowest BCUT2D eigenvalue weighted by molar-refractivity contribution is -0.121. The Morgan fingerprint density at radius 3 is 2.74 bits per heavy atom. The molecule has 1 amide bonds. The Balaban J connectivity index is 1.48. The molecule has 0 radical (unpaired) electrons. The van der Waals surface area contributed by atoms with Crippen LogP contribution in [0.3, 0.4) is 0 Å². The van der Waals surface area contributed by atoms with Crippen molar-refractivity contribution in [3.05, 3.63) is 48.5 Å². The van der Waals surface area contributed by atoms with Crippen molar-refractivity contribution in [2.45, 2.75) is 0 Å². The minimum Gasteiger partial charge on any atom is -0.484 e. The average Bonchev–Trinajstić information content (AvgIpc) is 3.01. The summed E-state index contributed by atoms with van der Waals surface area (Å²) in [6.07, 6.45) is 0. The van der Waals surface area contributed by atoms with Crippen molar-refractivity contribution in [2.24, 2.45) is 0 Å². The number of hydrogen-bond acceptors (Lipinski definition) is 5. The molecule has 1 heterocycles. The highest BCUT2D eigenvalue weighted by Crippen LogP contribution is 2.34. The van der Waals surface area contributed by atoms with Crippen molar-refractivity contribution in [3.63, 3.8) is 0 Å². The maximum atomic E-state index is 11.8. The Bertz CT molecular complexity index is 721. The summed E-state index contributed by atoms with van der Waals surface area (Å²) < 4.78 is 15.8. The van der Waals surface area contributed by atoms with Crippen LogP contribution in [0.15, 0.2) is 48.5 Å². The van der Waals surface area contributed by atoms with Gasteiger partial charge in [-0.15, -0.1) is 0 Å². The molecule has 7 heteroatoms. The summed E-state index contributed by atoms with van der Waals surface area (Å²) in [6.45, 7) is 0.0871. The average molecular weight is 330 g/mol. The standard InChI is InChI=1S/C16H14N2O4S/c19-15(9-20-12-4-2-1-3-5-12)18-16(23)17-11-6-7-13-14(8-11)22-10-21-13/h1-8H,9-10H2,(H2,17,18,19,23). The second-order valence-electron chi connectivity index (χ2n) is 4.67. The number of carbonyl (C=O) groups is 1. The van der Waals surface area contributed by atoms with Crippen LogP contribution in [0, 0.1) is 0 Å². The fraction of sp³-hybridized carbons (Fsp3) is 0.125. The van der Waals surface area contributed by atoms with E-state index in [-0.39, 0.29) is 24.4 Å². The van der Waals surface area contributed by atoms with E-state index in [9.17, 15) is 4.79 Å². The predicted octanol–water partition coefficient (Wildman–Crippen LogP) is 2.31. The predicted molar refractivity (Wildman–Crippen MR) is 88.9 cm³/mol. The van der Waals surface area contributed by atoms with Gasteiger partial charge in [-0.1, -0.05) is 18.2 Å². The normalized spacial score (nSPS) is 11.7. The molecule has 2 aromatic carbocycles. The van der Waals surface area contributed by atoms with Crippen molar-refractivity contribution in [3.8, 4) is 17.2 Å². The molecule has 0 unspecified atom stereocenters. The van der Waals surface area contributed by atoms with Crippen LogP contribution in [-0.2, 0) is 4.79 Å². The second kappa shape index (κ2) is 6.97. The SMILES string of the molecule is O=C(COc1ccccc1)NC(=S)Nc1ccc2c(c1)OCO2. The number of fused-ring (bicyclic) bond motifs is 1. The number of hydrogen-bond donors (Lipinski definition) is 2. The molecule has 2 N–H and O–H groups in total. The Morgan fingerprint density at radius 2 is 1.91 bits per heavy atom. The molecule has 0 aliphatic carbocycles. The van der Waals surface area contributed by atoms with Crippen molar-refractivity contribution in [1.29, 1.82) is 0 Å². The number of rotatable bonds is 4. The number of amides is 1. The highest BCUT2D eigenvalue weighted by Gasteiger charge is 2.14. The van der Waals surface area contributed by atoms with Gasteiger partial charge in [-0.25, -0.2) is 0 Å². The first kappa shape index (κ1) is 15.1. The van der Waals surface area contributed by atoms with Gasteiger partial charge < -0.3 is 19.5 Å². The van der Waals surface area contributed by atoms with E-state index < -0.39 is 0 Å². The molecule has 0 bridgehead atoms. The quantitative estimate of drug-likeness (QED) is 0.839. The lowest BCUT2D eigenvalue weighted by Crippen LogP contribution is -2.37. The summed E-state index contributed by atoms with van der Waals surface area (Å²) in [4.78, 5) is 11.8. The lowest BCUT2D eigenvalue weighted by atomic mass is 10.3. The van der Waals surface area contributed by atoms with E-state index in [1.165, 1.54) is 0 Å². The zero-order valence-corrected chi connectivity index (χ0v) is 12.9. The highest BCUT2D eigenvalue weighted by molar-refractivity contribution is 7.80. The van der Waals surface area contributed by atoms with E-state index >= 15 is 0 Å². The largest absolute Gasteiger partial charge is 0.484 e. The number of nitrogens with one attached hydrogen (secondary N) is 2. The molecule has 0 aromatic heterocycles. The summed E-state index contributed by atoms with van der Waals surface area (Å²) in [5.41, 5.74) is 0.698. The summed E-state index contributed by atoms with van der Waals surface area (Å²) in [7, 11) is 0. The van der Waals surface area contributed by atoms with E-state index in [2.05, 4.69) is 10.6 Å². The smallest absolute Gasteiger partial charge is 0.264 e. The fourth-order valence-electron chi connectivity index (χ4n) is 1.96. The number of benzene rings is 2. The van der Waals surface area contributed by atoms with Crippen molar-refractivity contribution >= 4 is 28.9 Å². The maximum absolute atomic E-state index is 11.8. The number of thiocarbonyl (C=S) groups is 1. The van der Waals surface area contributed by atoms with Crippen LogP contribution in [0.1, 0.15) is 0 Å². The molecule has 118 valence electrons. The van der Waals surface area contributed by atoms with Gasteiger partial charge in [0, 0.05) is 11.8 Å². The van der Waals surface area contributed by atoms with E-state index in [0.29, 0.717) is 22.9 Å². The Morgan fingerprint density at radius 1 is 1.13 bits per heavy atom. The molecule has 6 nitrogen and oxygen atoms in total. The van der Waals surface area contributed by atoms with Gasteiger partial charge in [0.25, 0.3) is 5.91 Å². The van der Waals surface area contributed by atoms with Crippen molar-refractivity contribution in [1.82, 2.24) is 5.32 Å². The fourth-order valence-corrected chi connectivity index (χ4v) is 2.20. The molecule has 0 spiro atoms. The number of carbonyl (C=O) groups excluding carboxylic acids is 1. The summed E-state index contributed by atoms with van der Waals surface area (Å²) in [5, 5.41) is 5.65. The van der Waals surface area contributed by atoms with Crippen LogP contribution < -0.4 is 24.8 Å². The zero-order valence-electron chi connectivity index (χ0n) is 12.1. The third-order valence-electron chi connectivity index (χ3n) is 3.00. The van der Waals surface area contributed by atoms with Crippen LogP contribution >= 0.6 is 12.2 Å². The van der Waals surface area contributed by atoms with Gasteiger partial charge in [-0.3, -0.25) is 10.1 Å². The maximum Gasteiger partial charge on any atom is 0.264 e. The van der Waals surface area contributed by atoms with E-state index in [1.54, 1.807) is 30.3 Å². The Labute approximate surface area is 138 Å². The molecular formula is C16H14N2O4S. The molecule has 1 aliphatic heterocycles. The van der Waals surface area contributed by atoms with Crippen molar-refractivity contribution < 1.29 is 19.0 Å². The summed E-state index contributed by atoms with van der Waals surface area (Å²) >= 11 is 5.10. The zero-order chi connectivity index (χ0) is 16.1. The van der Waals surface area contributed by atoms with Crippen LogP contribution in [0.5, 0.6) is 17.2 Å². The van der Waals surface area contributed by atoms with Gasteiger partial charge in [-0.2, -0.15) is 0 Å². The molecular weight excluding hydrogens is 316 g/mol. The number of anilines is 1. The Hall–Kier alpha value is -2.80. The molecule has 0 fully saturated rings. The van der Waals surface area contributed by atoms with Gasteiger partial charge in [0.05, 0.1) is 0 Å². The van der Waals surface area contributed by atoms with Gasteiger partial charge in [0.2, 0.25) is 6.79 Å². The first-order chi connectivity index (χ1) is 11.2. The van der Waals surface area contributed by atoms with Gasteiger partial charge in [0.1, 0.15) is 5.75 Å². The van der Waals surface area contributed by atoms with Gasteiger partial charge >= 0.3 is 0 Å². The van der Waals surface area contributed by atoms with Crippen LogP contribution in [0.4, 0.5) is 5.69 Å². The number of para-hydroxylation sites is 1. The first-order valence-electron chi connectivity index (χ1n) is 6.89. The van der Waals surface area contributed by atoms with Crippen LogP contribution in [-0.4, -0.2) is 24.4 Å². The van der Waals surface area contributed by atoms with Gasteiger partial charge in [-0.05, 0) is 36.5 Å². The third kappa shape index (κ3) is 4.10. The molecule has 0 atom stereocenters. The third-order valence-corrected chi connectivity index (χ3v) is 3.20. The summed E-state index contributed by atoms with van der Waals surface area (Å²) in [5.74, 6) is 1.60. The van der Waals surface area contributed by atoms with Gasteiger partial charge in [0.15, 0.2) is 23.2 Å². The molecule has 3 rings (SSSR count). The summed E-state index contributed by atoms with van der Waals surface area (Å²) in [6, 6.07) is 14.4. The molecule has 2 aromatic rings. The van der Waals surface area contributed by atoms with E-state index in [4.69, 9.17) is 26.4 Å². The molecule has 0 saturated heterocycles.